The quantitative estimate of drug-likeness (QED) is 0.815. The van der Waals surface area contributed by atoms with Crippen molar-refractivity contribution in [1.82, 2.24) is 0 Å². The molecule has 0 saturated carbocycles. The van der Waals surface area contributed by atoms with E-state index < -0.39 is 23.0 Å². The number of rotatable bonds is 2. The summed E-state index contributed by atoms with van der Waals surface area (Å²) in [6.07, 6.45) is 0. The number of Topliss-reactive ketones (excluding diaryl/α,β-unsaturated/α-hetero) is 1. The van der Waals surface area contributed by atoms with Gasteiger partial charge >= 0.3 is 11.8 Å². The third-order valence-electron chi connectivity index (χ3n) is 4.85. The van der Waals surface area contributed by atoms with Crippen LogP contribution in [0.15, 0.2) is 47.1 Å². The van der Waals surface area contributed by atoms with Gasteiger partial charge in [0.2, 0.25) is 5.88 Å². The van der Waals surface area contributed by atoms with Crippen molar-refractivity contribution >= 4 is 11.8 Å². The maximum absolute atomic E-state index is 13.4. The molecule has 2 atom stereocenters. The normalized spacial score (nSPS) is 28.8. The molecule has 7 heteroatoms. The van der Waals surface area contributed by atoms with Crippen LogP contribution in [-0.4, -0.2) is 18.4 Å². The van der Waals surface area contributed by atoms with Gasteiger partial charge in [-0.1, -0.05) is 24.3 Å². The fourth-order valence-corrected chi connectivity index (χ4v) is 4.05. The molecule has 1 aromatic carbocycles. The largest absolute Gasteiger partial charge is 0.462 e. The van der Waals surface area contributed by atoms with Crippen LogP contribution in [0.4, 0.5) is 0 Å². The van der Waals surface area contributed by atoms with Gasteiger partial charge in [-0.05, 0) is 13.8 Å². The van der Waals surface area contributed by atoms with Crippen LogP contribution in [0.5, 0.6) is 0 Å². The van der Waals surface area contributed by atoms with E-state index in [1.807, 2.05) is 6.07 Å². The Hall–Kier alpha value is -3.27. The molecular formula is C18H14N2O5. The van der Waals surface area contributed by atoms with Gasteiger partial charge in [-0.3, -0.25) is 4.79 Å². The number of allylic oxidation sites excluding steroid dienone is 1. The molecule has 3 aliphatic rings. The molecule has 25 heavy (non-hydrogen) atoms. The van der Waals surface area contributed by atoms with Gasteiger partial charge in [0.05, 0.1) is 6.61 Å². The van der Waals surface area contributed by atoms with E-state index in [-0.39, 0.29) is 29.4 Å². The number of carbonyl (C=O) groups excluding carboxylic acids is 2. The Kier molecular flexibility index (Phi) is 2.83. The Morgan fingerprint density at radius 3 is 2.76 bits per heavy atom. The van der Waals surface area contributed by atoms with Crippen LogP contribution in [0.2, 0.25) is 0 Å². The minimum atomic E-state index is -1.77. The van der Waals surface area contributed by atoms with Crippen molar-refractivity contribution in [3.8, 4) is 6.07 Å². The van der Waals surface area contributed by atoms with Gasteiger partial charge in [-0.2, -0.15) is 5.26 Å². The highest BCUT2D eigenvalue weighted by Gasteiger charge is 2.80. The molecule has 0 unspecified atom stereocenters. The third-order valence-corrected chi connectivity index (χ3v) is 4.85. The molecule has 4 rings (SSSR count). The summed E-state index contributed by atoms with van der Waals surface area (Å²) in [7, 11) is 0. The van der Waals surface area contributed by atoms with Crippen LogP contribution in [-0.2, 0) is 24.8 Å². The Labute approximate surface area is 143 Å². The second kappa shape index (κ2) is 4.63. The van der Waals surface area contributed by atoms with E-state index in [9.17, 15) is 14.9 Å². The topological polar surface area (TPSA) is 112 Å². The van der Waals surface area contributed by atoms with E-state index in [0.29, 0.717) is 11.1 Å². The molecule has 0 amide bonds. The smallest absolute Gasteiger partial charge is 0.339 e. The first-order valence-electron chi connectivity index (χ1n) is 7.76. The molecule has 1 aliphatic carbocycles. The summed E-state index contributed by atoms with van der Waals surface area (Å²) in [5.74, 6) is -2.91. The van der Waals surface area contributed by atoms with Crippen LogP contribution in [0.25, 0.3) is 0 Å². The predicted molar refractivity (Wildman–Crippen MR) is 83.2 cm³/mol. The molecule has 0 spiro atoms. The lowest BCUT2D eigenvalue weighted by molar-refractivity contribution is -0.199. The standard InChI is InChI=1S/C18H14N2O5/c1-3-23-16(22)13-9(2)24-18-11-7-5-4-6-10(11)14(21)17(13,18)12(8-19)15(20)25-18/h4-7H,3,20H2,1-2H3/t17-,18-/m0/s1. The van der Waals surface area contributed by atoms with Crippen LogP contribution >= 0.6 is 0 Å². The molecule has 2 N–H and O–H groups in total. The number of benzene rings is 1. The van der Waals surface area contributed by atoms with Crippen molar-refractivity contribution in [2.45, 2.75) is 19.6 Å². The third kappa shape index (κ3) is 1.41. The first-order chi connectivity index (χ1) is 12.0. The van der Waals surface area contributed by atoms with E-state index in [4.69, 9.17) is 19.9 Å². The number of carbonyl (C=O) groups is 2. The molecule has 0 radical (unpaired) electrons. The molecular weight excluding hydrogens is 324 g/mol. The van der Waals surface area contributed by atoms with Gasteiger partial charge in [0.25, 0.3) is 0 Å². The molecule has 0 aromatic heterocycles. The Bertz CT molecular complexity index is 954. The van der Waals surface area contributed by atoms with Gasteiger partial charge in [0, 0.05) is 11.1 Å². The summed E-state index contributed by atoms with van der Waals surface area (Å²) >= 11 is 0. The number of nitrogens with two attached hydrogens (primary N) is 1. The number of ether oxygens (including phenoxy) is 3. The summed E-state index contributed by atoms with van der Waals surface area (Å²) in [6.45, 7) is 3.31. The first-order valence-corrected chi connectivity index (χ1v) is 7.76. The van der Waals surface area contributed by atoms with E-state index in [0.717, 1.165) is 0 Å². The molecule has 0 bridgehead atoms. The molecule has 126 valence electrons. The second-order valence-corrected chi connectivity index (χ2v) is 5.95. The highest BCUT2D eigenvalue weighted by Crippen LogP contribution is 2.69. The Morgan fingerprint density at radius 2 is 2.08 bits per heavy atom. The maximum atomic E-state index is 13.4. The number of fused-ring (bicyclic) bond motifs is 1. The van der Waals surface area contributed by atoms with Crippen molar-refractivity contribution in [3.63, 3.8) is 0 Å². The van der Waals surface area contributed by atoms with Crippen LogP contribution in [0.1, 0.15) is 29.8 Å². The van der Waals surface area contributed by atoms with Gasteiger partial charge < -0.3 is 19.9 Å². The number of hydrogen-bond donors (Lipinski definition) is 1. The van der Waals surface area contributed by atoms with Crippen molar-refractivity contribution in [3.05, 3.63) is 58.2 Å². The number of ketones is 1. The summed E-state index contributed by atoms with van der Waals surface area (Å²) in [6, 6.07) is 8.64. The predicted octanol–water partition coefficient (Wildman–Crippen LogP) is 1.61. The number of hydrogen-bond acceptors (Lipinski definition) is 7. The number of nitrogens with zero attached hydrogens (tertiary/aromatic N) is 1. The average Bonchev–Trinajstić information content (AvgIpc) is 3.05. The van der Waals surface area contributed by atoms with E-state index in [1.54, 1.807) is 38.1 Å². The molecule has 7 nitrogen and oxygen atoms in total. The molecule has 0 saturated heterocycles. The van der Waals surface area contributed by atoms with Gasteiger partial charge in [0.1, 0.15) is 23.0 Å². The minimum absolute atomic E-state index is 0.0347. The summed E-state index contributed by atoms with van der Waals surface area (Å²) in [5.41, 5.74) is 4.72. The zero-order chi connectivity index (χ0) is 18.0. The highest BCUT2D eigenvalue weighted by molar-refractivity contribution is 6.16. The lowest BCUT2D eigenvalue weighted by Gasteiger charge is -2.31. The Balaban J connectivity index is 2.09. The fourth-order valence-electron chi connectivity index (χ4n) is 4.05. The minimum Gasteiger partial charge on any atom is -0.462 e. The van der Waals surface area contributed by atoms with Gasteiger partial charge in [-0.25, -0.2) is 4.79 Å². The SMILES string of the molecule is CCOC(=O)C1=C(C)O[C@@]23OC(N)=C(C#N)[C@@]12C(=O)c1ccccc13. The second-order valence-electron chi connectivity index (χ2n) is 5.95. The fraction of sp³-hybridized carbons (Fsp3) is 0.278. The van der Waals surface area contributed by atoms with Crippen LogP contribution < -0.4 is 5.73 Å². The molecule has 2 aliphatic heterocycles. The maximum Gasteiger partial charge on any atom is 0.339 e. The Morgan fingerprint density at radius 1 is 1.36 bits per heavy atom. The first kappa shape index (κ1) is 15.3. The van der Waals surface area contributed by atoms with Crippen molar-refractivity contribution < 1.29 is 23.8 Å². The highest BCUT2D eigenvalue weighted by atomic mass is 16.7. The van der Waals surface area contributed by atoms with Crippen molar-refractivity contribution in [2.75, 3.05) is 6.61 Å². The zero-order valence-electron chi connectivity index (χ0n) is 13.6. The molecule has 1 aromatic rings. The van der Waals surface area contributed by atoms with Crippen molar-refractivity contribution in [1.29, 1.82) is 5.26 Å². The summed E-state index contributed by atoms with van der Waals surface area (Å²) in [4.78, 5) is 26.1. The zero-order valence-corrected chi connectivity index (χ0v) is 13.6. The van der Waals surface area contributed by atoms with E-state index in [2.05, 4.69) is 0 Å². The van der Waals surface area contributed by atoms with Crippen LogP contribution in [0.3, 0.4) is 0 Å². The lowest BCUT2D eigenvalue weighted by Crippen LogP contribution is -2.45. The average molecular weight is 338 g/mol. The lowest BCUT2D eigenvalue weighted by atomic mass is 9.69. The number of nitriles is 1. The monoisotopic (exact) mass is 338 g/mol. The van der Waals surface area contributed by atoms with Gasteiger partial charge in [0.15, 0.2) is 11.2 Å². The van der Waals surface area contributed by atoms with E-state index >= 15 is 0 Å². The van der Waals surface area contributed by atoms with Crippen molar-refractivity contribution in [2.24, 2.45) is 11.1 Å². The summed E-state index contributed by atoms with van der Waals surface area (Å²) in [5, 5.41) is 9.68. The van der Waals surface area contributed by atoms with Crippen LogP contribution in [0, 0.1) is 16.7 Å². The number of esters is 1. The summed E-state index contributed by atoms with van der Waals surface area (Å²) < 4.78 is 16.8. The molecule has 2 heterocycles. The molecule has 0 fully saturated rings. The van der Waals surface area contributed by atoms with E-state index in [1.165, 1.54) is 0 Å². The van der Waals surface area contributed by atoms with Gasteiger partial charge in [-0.15, -0.1) is 0 Å².